The van der Waals surface area contributed by atoms with Crippen LogP contribution in [0.1, 0.15) is 6.42 Å². The highest BCUT2D eigenvalue weighted by Gasteiger charge is 1.90. The zero-order valence-corrected chi connectivity index (χ0v) is 14.2. The largest absolute Gasteiger partial charge is 0.368 e. The van der Waals surface area contributed by atoms with Crippen LogP contribution >= 0.6 is 48.8 Å². The molecule has 2 heterocycles. The SMILES string of the molecule is Cl.Cl.NCCCSc1ccncc1.S=c1cc[nH]cc1. The van der Waals surface area contributed by atoms with Crippen molar-refractivity contribution in [1.82, 2.24) is 9.97 Å². The number of pyridine rings is 2. The second kappa shape index (κ2) is 14.8. The van der Waals surface area contributed by atoms with Crippen molar-refractivity contribution in [3.05, 3.63) is 53.6 Å². The number of aromatic amines is 1. The van der Waals surface area contributed by atoms with Crippen molar-refractivity contribution in [3.63, 3.8) is 0 Å². The molecule has 0 aliphatic rings. The molecule has 0 amide bonds. The van der Waals surface area contributed by atoms with Gasteiger partial charge in [0.2, 0.25) is 0 Å². The number of nitrogens with zero attached hydrogens (tertiary/aromatic N) is 1. The number of hydrogen-bond acceptors (Lipinski definition) is 4. The van der Waals surface area contributed by atoms with E-state index in [9.17, 15) is 0 Å². The van der Waals surface area contributed by atoms with Crippen LogP contribution in [0.25, 0.3) is 0 Å². The molecule has 3 N–H and O–H groups in total. The highest BCUT2D eigenvalue weighted by atomic mass is 35.5. The lowest BCUT2D eigenvalue weighted by Crippen LogP contribution is -1.99. The van der Waals surface area contributed by atoms with Crippen LogP contribution in [0.2, 0.25) is 0 Å². The van der Waals surface area contributed by atoms with Crippen molar-refractivity contribution in [2.45, 2.75) is 11.3 Å². The Kier molecular flexibility index (Phi) is 16.1. The third-order valence-electron chi connectivity index (χ3n) is 1.95. The first kappa shape index (κ1) is 21.7. The molecule has 0 saturated heterocycles. The molecule has 2 aromatic rings. The number of aromatic nitrogens is 2. The summed E-state index contributed by atoms with van der Waals surface area (Å²) in [4.78, 5) is 8.07. The van der Waals surface area contributed by atoms with Crippen LogP contribution in [0.3, 0.4) is 0 Å². The van der Waals surface area contributed by atoms with Crippen molar-refractivity contribution in [2.75, 3.05) is 12.3 Å². The van der Waals surface area contributed by atoms with Crippen LogP contribution in [0.5, 0.6) is 0 Å². The van der Waals surface area contributed by atoms with Gasteiger partial charge in [-0.25, -0.2) is 0 Å². The van der Waals surface area contributed by atoms with Crippen LogP contribution in [0.4, 0.5) is 0 Å². The van der Waals surface area contributed by atoms with Crippen molar-refractivity contribution >= 4 is 48.8 Å². The Balaban J connectivity index is 0. The molecular formula is C13H19Cl2N3S2. The topological polar surface area (TPSA) is 54.7 Å². The third kappa shape index (κ3) is 11.3. The van der Waals surface area contributed by atoms with Gasteiger partial charge in [-0.1, -0.05) is 12.2 Å². The summed E-state index contributed by atoms with van der Waals surface area (Å²) in [6.07, 6.45) is 8.31. The fraction of sp³-hybridized carbons (Fsp3) is 0.231. The summed E-state index contributed by atoms with van der Waals surface area (Å²) >= 11 is 6.62. The first-order chi connectivity index (χ1) is 8.83. The molecule has 0 atom stereocenters. The Bertz CT molecular complexity index is 463. The second-order valence-corrected chi connectivity index (χ2v) is 5.05. The van der Waals surface area contributed by atoms with Crippen LogP contribution in [0, 0.1) is 4.51 Å². The Labute approximate surface area is 141 Å². The van der Waals surface area contributed by atoms with Crippen molar-refractivity contribution in [2.24, 2.45) is 5.73 Å². The fourth-order valence-electron chi connectivity index (χ4n) is 1.08. The van der Waals surface area contributed by atoms with Gasteiger partial charge < -0.3 is 10.7 Å². The standard InChI is InChI=1S/C8H12N2S.C5H5NS.2ClH/c9-4-1-7-11-8-2-5-10-6-3-8;7-5-1-3-6-4-2-5;;/h2-3,5-6H,1,4,7,9H2;1-4H,(H,6,7);2*1H. The van der Waals surface area contributed by atoms with Gasteiger partial charge >= 0.3 is 0 Å². The number of halogens is 2. The molecule has 0 aliphatic carbocycles. The van der Waals surface area contributed by atoms with Gasteiger partial charge in [-0.3, -0.25) is 4.98 Å². The molecule has 112 valence electrons. The van der Waals surface area contributed by atoms with E-state index in [-0.39, 0.29) is 24.8 Å². The predicted octanol–water partition coefficient (Wildman–Crippen LogP) is 4.11. The van der Waals surface area contributed by atoms with Gasteiger partial charge in [-0.05, 0) is 43.0 Å². The van der Waals surface area contributed by atoms with Crippen LogP contribution in [-0.4, -0.2) is 22.3 Å². The number of H-pyrrole nitrogens is 1. The molecule has 0 spiro atoms. The molecule has 0 aliphatic heterocycles. The number of thioether (sulfide) groups is 1. The van der Waals surface area contributed by atoms with E-state index in [1.54, 1.807) is 0 Å². The summed E-state index contributed by atoms with van der Waals surface area (Å²) in [7, 11) is 0. The van der Waals surface area contributed by atoms with Crippen molar-refractivity contribution < 1.29 is 0 Å². The van der Waals surface area contributed by atoms with Gasteiger partial charge in [0.1, 0.15) is 0 Å². The first-order valence-electron chi connectivity index (χ1n) is 5.69. The molecule has 0 bridgehead atoms. The first-order valence-corrected chi connectivity index (χ1v) is 7.08. The minimum atomic E-state index is 0. The lowest BCUT2D eigenvalue weighted by Gasteiger charge is -1.97. The van der Waals surface area contributed by atoms with Gasteiger partial charge in [0.25, 0.3) is 0 Å². The maximum absolute atomic E-state index is 5.37. The lowest BCUT2D eigenvalue weighted by molar-refractivity contribution is 0.943. The second-order valence-electron chi connectivity index (χ2n) is 3.41. The fourth-order valence-corrected chi connectivity index (χ4v) is 2.08. The van der Waals surface area contributed by atoms with Crippen LogP contribution in [-0.2, 0) is 0 Å². The molecule has 2 aromatic heterocycles. The van der Waals surface area contributed by atoms with E-state index in [4.69, 9.17) is 18.0 Å². The highest BCUT2D eigenvalue weighted by Crippen LogP contribution is 2.16. The van der Waals surface area contributed by atoms with Crippen LogP contribution < -0.4 is 5.73 Å². The Morgan fingerprint density at radius 1 is 1.10 bits per heavy atom. The number of rotatable bonds is 4. The molecule has 20 heavy (non-hydrogen) atoms. The predicted molar refractivity (Wildman–Crippen MR) is 94.8 cm³/mol. The van der Waals surface area contributed by atoms with Gasteiger partial charge in [0.15, 0.2) is 0 Å². The lowest BCUT2D eigenvalue weighted by atomic mass is 10.5. The summed E-state index contributed by atoms with van der Waals surface area (Å²) in [6, 6.07) is 7.72. The molecule has 0 unspecified atom stereocenters. The number of hydrogen-bond donors (Lipinski definition) is 2. The number of nitrogens with two attached hydrogens (primary N) is 1. The van der Waals surface area contributed by atoms with E-state index in [1.165, 1.54) is 4.90 Å². The van der Waals surface area contributed by atoms with E-state index in [0.29, 0.717) is 0 Å². The third-order valence-corrected chi connectivity index (χ3v) is 3.33. The minimum Gasteiger partial charge on any atom is -0.368 e. The van der Waals surface area contributed by atoms with Crippen molar-refractivity contribution in [3.8, 4) is 0 Å². The molecule has 0 fully saturated rings. The van der Waals surface area contributed by atoms with Gasteiger partial charge in [-0.15, -0.1) is 36.6 Å². The average molecular weight is 352 g/mol. The van der Waals surface area contributed by atoms with E-state index in [2.05, 4.69) is 9.97 Å². The van der Waals surface area contributed by atoms with Gasteiger partial charge in [-0.2, -0.15) is 0 Å². The average Bonchev–Trinajstić information content (AvgIpc) is 2.42. The van der Waals surface area contributed by atoms with Gasteiger partial charge in [0, 0.05) is 34.2 Å². The summed E-state index contributed by atoms with van der Waals surface area (Å²) in [5, 5.41) is 0. The molecule has 0 aromatic carbocycles. The minimum absolute atomic E-state index is 0. The Morgan fingerprint density at radius 3 is 2.15 bits per heavy atom. The summed E-state index contributed by atoms with van der Waals surface area (Å²) in [5.74, 6) is 1.10. The smallest absolute Gasteiger partial charge is 0.0406 e. The molecule has 2 rings (SSSR count). The molecule has 7 heteroatoms. The summed E-state index contributed by atoms with van der Waals surface area (Å²) in [6.45, 7) is 0.776. The highest BCUT2D eigenvalue weighted by molar-refractivity contribution is 7.99. The maximum atomic E-state index is 5.37. The van der Waals surface area contributed by atoms with E-state index in [1.807, 2.05) is 60.8 Å². The molecule has 3 nitrogen and oxygen atoms in total. The summed E-state index contributed by atoms with van der Waals surface area (Å²) in [5.41, 5.74) is 5.37. The van der Waals surface area contributed by atoms with E-state index >= 15 is 0 Å². The van der Waals surface area contributed by atoms with Crippen molar-refractivity contribution in [1.29, 1.82) is 0 Å². The van der Waals surface area contributed by atoms with Gasteiger partial charge in [0.05, 0.1) is 0 Å². The Morgan fingerprint density at radius 2 is 1.70 bits per heavy atom. The zero-order valence-electron chi connectivity index (χ0n) is 10.9. The van der Waals surface area contributed by atoms with Crippen LogP contribution in [0.15, 0.2) is 53.9 Å². The number of nitrogens with one attached hydrogen (secondary N) is 1. The molecule has 0 radical (unpaired) electrons. The quantitative estimate of drug-likeness (QED) is 0.494. The van der Waals surface area contributed by atoms with E-state index < -0.39 is 0 Å². The molecular weight excluding hydrogens is 333 g/mol. The maximum Gasteiger partial charge on any atom is 0.0406 e. The normalized spacial score (nSPS) is 8.45. The Hall–Kier alpha value is -0.590. The van der Waals surface area contributed by atoms with E-state index in [0.717, 1.165) is 23.2 Å². The molecule has 0 saturated carbocycles. The monoisotopic (exact) mass is 351 g/mol. The summed E-state index contributed by atoms with van der Waals surface area (Å²) < 4.78 is 0.874. The zero-order chi connectivity index (χ0) is 13.1.